The number of halogens is 2. The van der Waals surface area contributed by atoms with E-state index in [0.717, 1.165) is 5.69 Å². The van der Waals surface area contributed by atoms with Crippen molar-refractivity contribution in [3.63, 3.8) is 0 Å². The van der Waals surface area contributed by atoms with Gasteiger partial charge in [-0.25, -0.2) is 9.97 Å². The number of carbonyl (C=O) groups excluding carboxylic acids is 1. The summed E-state index contributed by atoms with van der Waals surface area (Å²) in [4.78, 5) is 19.7. The number of thiazole rings is 1. The van der Waals surface area contributed by atoms with E-state index in [9.17, 15) is 4.79 Å². The predicted octanol–water partition coefficient (Wildman–Crippen LogP) is 2.82. The molecule has 2 aromatic heterocycles. The van der Waals surface area contributed by atoms with Crippen molar-refractivity contribution in [3.05, 3.63) is 44.6 Å². The second-order valence-electron chi connectivity index (χ2n) is 3.46. The first-order chi connectivity index (χ1) is 8.66. The Hall–Kier alpha value is -1.17. The average molecular weight is 302 g/mol. The summed E-state index contributed by atoms with van der Waals surface area (Å²) in [6, 6.07) is 3.08. The average Bonchev–Trinajstić information content (AvgIpc) is 2.81. The highest BCUT2D eigenvalue weighted by Gasteiger charge is 2.11. The molecule has 0 saturated carbocycles. The Kier molecular flexibility index (Phi) is 4.52. The summed E-state index contributed by atoms with van der Waals surface area (Å²) in [5, 5.41) is 5.07. The van der Waals surface area contributed by atoms with Crippen molar-refractivity contribution in [3.8, 4) is 0 Å². The molecular formula is C11H9Cl2N3OS. The van der Waals surface area contributed by atoms with Crippen LogP contribution in [0.15, 0.2) is 23.0 Å². The second-order valence-corrected chi connectivity index (χ2v) is 4.92. The Morgan fingerprint density at radius 1 is 1.39 bits per heavy atom. The lowest BCUT2D eigenvalue weighted by Crippen LogP contribution is -2.26. The molecule has 0 aliphatic carbocycles. The summed E-state index contributed by atoms with van der Waals surface area (Å²) in [5.41, 5.74) is 3.04. The molecule has 0 bridgehead atoms. The number of nitrogens with one attached hydrogen (secondary N) is 1. The third-order valence-electron chi connectivity index (χ3n) is 2.21. The monoisotopic (exact) mass is 301 g/mol. The zero-order valence-electron chi connectivity index (χ0n) is 9.19. The van der Waals surface area contributed by atoms with Crippen molar-refractivity contribution in [2.45, 2.75) is 6.42 Å². The summed E-state index contributed by atoms with van der Waals surface area (Å²) < 4.78 is 0. The maximum atomic E-state index is 11.8. The number of hydrogen-bond donors (Lipinski definition) is 1. The zero-order valence-corrected chi connectivity index (χ0v) is 11.5. The molecule has 0 atom stereocenters. The van der Waals surface area contributed by atoms with E-state index >= 15 is 0 Å². The number of amides is 1. The summed E-state index contributed by atoms with van der Waals surface area (Å²) in [6.45, 7) is 0.502. The maximum Gasteiger partial charge on any atom is 0.254 e. The normalized spacial score (nSPS) is 10.3. The van der Waals surface area contributed by atoms with Crippen LogP contribution in [-0.2, 0) is 6.42 Å². The molecule has 18 heavy (non-hydrogen) atoms. The highest BCUT2D eigenvalue weighted by atomic mass is 35.5. The summed E-state index contributed by atoms with van der Waals surface area (Å²) in [5.74, 6) is -0.264. The predicted molar refractivity (Wildman–Crippen MR) is 72.4 cm³/mol. The molecule has 2 heterocycles. The Morgan fingerprint density at radius 2 is 2.22 bits per heavy atom. The minimum absolute atomic E-state index is 0.105. The van der Waals surface area contributed by atoms with Gasteiger partial charge >= 0.3 is 0 Å². The lowest BCUT2D eigenvalue weighted by molar-refractivity contribution is 0.0954. The Labute approximate surface area is 118 Å². The molecule has 2 aromatic rings. The molecule has 0 aliphatic heterocycles. The van der Waals surface area contributed by atoms with Gasteiger partial charge in [0.25, 0.3) is 5.91 Å². The summed E-state index contributed by atoms with van der Waals surface area (Å²) in [6.07, 6.45) is 0.688. The quantitative estimate of drug-likeness (QED) is 0.884. The fourth-order valence-corrected chi connectivity index (χ4v) is 2.37. The van der Waals surface area contributed by atoms with Crippen LogP contribution < -0.4 is 5.32 Å². The number of nitrogens with zero attached hydrogens (tertiary/aromatic N) is 2. The van der Waals surface area contributed by atoms with Crippen molar-refractivity contribution in [1.82, 2.24) is 15.3 Å². The molecule has 0 aliphatic rings. The molecule has 2 rings (SSSR count). The van der Waals surface area contributed by atoms with Gasteiger partial charge in [-0.1, -0.05) is 23.2 Å². The van der Waals surface area contributed by atoms with E-state index in [2.05, 4.69) is 15.3 Å². The van der Waals surface area contributed by atoms with Gasteiger partial charge in [-0.2, -0.15) is 0 Å². The molecule has 0 fully saturated rings. The standard InChI is InChI=1S/C11H9Cl2N3OS/c12-9-2-1-8(10(13)16-9)11(17)14-4-3-7-5-18-6-15-7/h1-2,5-6H,3-4H2,(H,14,17). The van der Waals surface area contributed by atoms with Crippen molar-refractivity contribution >= 4 is 40.4 Å². The minimum atomic E-state index is -0.264. The molecular weight excluding hydrogens is 293 g/mol. The lowest BCUT2D eigenvalue weighted by atomic mass is 10.2. The lowest BCUT2D eigenvalue weighted by Gasteiger charge is -2.05. The van der Waals surface area contributed by atoms with Crippen molar-refractivity contribution < 1.29 is 4.79 Å². The third kappa shape index (κ3) is 3.41. The first kappa shape index (κ1) is 13.3. The summed E-state index contributed by atoms with van der Waals surface area (Å²) >= 11 is 13.0. The van der Waals surface area contributed by atoms with Gasteiger partial charge < -0.3 is 5.32 Å². The Balaban J connectivity index is 1.91. The van der Waals surface area contributed by atoms with Gasteiger partial charge in [-0.15, -0.1) is 11.3 Å². The molecule has 4 nitrogen and oxygen atoms in total. The first-order valence-electron chi connectivity index (χ1n) is 5.14. The van der Waals surface area contributed by atoms with Gasteiger partial charge in [-0.05, 0) is 12.1 Å². The van der Waals surface area contributed by atoms with E-state index in [1.807, 2.05) is 5.38 Å². The molecule has 1 N–H and O–H groups in total. The van der Waals surface area contributed by atoms with E-state index in [-0.39, 0.29) is 16.2 Å². The van der Waals surface area contributed by atoms with Crippen molar-refractivity contribution in [1.29, 1.82) is 0 Å². The van der Waals surface area contributed by atoms with Crippen LogP contribution in [0.3, 0.4) is 0 Å². The number of carbonyl (C=O) groups is 1. The van der Waals surface area contributed by atoms with Crippen LogP contribution in [-0.4, -0.2) is 22.4 Å². The second kappa shape index (κ2) is 6.13. The number of hydrogen-bond acceptors (Lipinski definition) is 4. The van der Waals surface area contributed by atoms with E-state index in [1.165, 1.54) is 17.4 Å². The van der Waals surface area contributed by atoms with Gasteiger partial charge in [0.2, 0.25) is 0 Å². The molecule has 1 amide bonds. The maximum absolute atomic E-state index is 11.8. The smallest absolute Gasteiger partial charge is 0.254 e. The molecule has 0 saturated heterocycles. The number of pyridine rings is 1. The first-order valence-corrected chi connectivity index (χ1v) is 6.84. The van der Waals surface area contributed by atoms with Crippen LogP contribution in [0.2, 0.25) is 10.3 Å². The van der Waals surface area contributed by atoms with Gasteiger partial charge in [0.05, 0.1) is 16.8 Å². The largest absolute Gasteiger partial charge is 0.352 e. The van der Waals surface area contributed by atoms with Crippen molar-refractivity contribution in [2.75, 3.05) is 6.54 Å². The van der Waals surface area contributed by atoms with Crippen LogP contribution in [0.1, 0.15) is 16.1 Å². The fraction of sp³-hybridized carbons (Fsp3) is 0.182. The molecule has 0 spiro atoms. The molecule has 94 valence electrons. The zero-order chi connectivity index (χ0) is 13.0. The Morgan fingerprint density at radius 3 is 2.89 bits per heavy atom. The third-order valence-corrected chi connectivity index (χ3v) is 3.34. The van der Waals surface area contributed by atoms with Gasteiger partial charge in [0, 0.05) is 18.3 Å². The molecule has 0 radical (unpaired) electrons. The van der Waals surface area contributed by atoms with Gasteiger partial charge in [0.1, 0.15) is 10.3 Å². The van der Waals surface area contributed by atoms with E-state index in [1.54, 1.807) is 11.6 Å². The molecule has 0 aromatic carbocycles. The SMILES string of the molecule is O=C(NCCc1cscn1)c1ccc(Cl)nc1Cl. The van der Waals surface area contributed by atoms with Crippen LogP contribution in [0.4, 0.5) is 0 Å². The molecule has 7 heteroatoms. The number of aromatic nitrogens is 2. The topological polar surface area (TPSA) is 54.9 Å². The molecule has 0 unspecified atom stereocenters. The summed E-state index contributed by atoms with van der Waals surface area (Å²) in [7, 11) is 0. The van der Waals surface area contributed by atoms with E-state index < -0.39 is 0 Å². The van der Waals surface area contributed by atoms with Crippen LogP contribution in [0, 0.1) is 0 Å². The Bertz CT molecular complexity index is 545. The number of rotatable bonds is 4. The van der Waals surface area contributed by atoms with Gasteiger partial charge in [-0.3, -0.25) is 4.79 Å². The van der Waals surface area contributed by atoms with Crippen LogP contribution in [0.25, 0.3) is 0 Å². The van der Waals surface area contributed by atoms with Crippen molar-refractivity contribution in [2.24, 2.45) is 0 Å². The highest BCUT2D eigenvalue weighted by molar-refractivity contribution is 7.07. The van der Waals surface area contributed by atoms with Crippen LogP contribution in [0.5, 0.6) is 0 Å². The van der Waals surface area contributed by atoms with E-state index in [4.69, 9.17) is 23.2 Å². The van der Waals surface area contributed by atoms with Crippen LogP contribution >= 0.6 is 34.5 Å². The van der Waals surface area contributed by atoms with E-state index in [0.29, 0.717) is 18.5 Å². The fourth-order valence-electron chi connectivity index (χ4n) is 1.34. The van der Waals surface area contributed by atoms with Gasteiger partial charge in [0.15, 0.2) is 0 Å². The highest BCUT2D eigenvalue weighted by Crippen LogP contribution is 2.16. The minimum Gasteiger partial charge on any atom is -0.352 e.